The van der Waals surface area contributed by atoms with Gasteiger partial charge in [-0.1, -0.05) is 34.4 Å². The second-order valence-electron chi connectivity index (χ2n) is 14.3. The van der Waals surface area contributed by atoms with Crippen LogP contribution in [0.2, 0.25) is 10.0 Å². The monoisotopic (exact) mass is 749 g/mol. The fourth-order valence-corrected chi connectivity index (χ4v) is 8.44. The normalized spacial score (nSPS) is 14.6. The van der Waals surface area contributed by atoms with Crippen LogP contribution in [0.3, 0.4) is 0 Å². The number of nitrogens with zero attached hydrogens (tertiary/aromatic N) is 7. The average molecular weight is 751 g/mol. The highest BCUT2D eigenvalue weighted by Gasteiger charge is 2.37. The number of hydrogen-bond donors (Lipinski definition) is 0. The van der Waals surface area contributed by atoms with E-state index in [1.54, 1.807) is 6.92 Å². The van der Waals surface area contributed by atoms with E-state index in [4.69, 9.17) is 37.6 Å². The highest BCUT2D eigenvalue weighted by Crippen LogP contribution is 2.46. The van der Waals surface area contributed by atoms with Gasteiger partial charge < -0.3 is 23.3 Å². The van der Waals surface area contributed by atoms with E-state index in [2.05, 4.69) is 39.2 Å². The Morgan fingerprint density at radius 1 is 0.962 bits per heavy atom. The van der Waals surface area contributed by atoms with E-state index in [1.165, 1.54) is 0 Å². The number of carbonyl (C=O) groups excluding carboxylic acids is 1. The minimum atomic E-state index is -0.0805. The van der Waals surface area contributed by atoms with Crippen molar-refractivity contribution in [3.8, 4) is 28.3 Å². The van der Waals surface area contributed by atoms with Gasteiger partial charge in [0.25, 0.3) is 5.91 Å². The molecule has 0 spiro atoms. The number of carbonyl (C=O) groups is 1. The number of hydrogen-bond acceptors (Lipinski definition) is 6. The molecule has 1 atom stereocenters. The van der Waals surface area contributed by atoms with Gasteiger partial charge in [-0.25, -0.2) is 0 Å². The fourth-order valence-electron chi connectivity index (χ4n) is 8.08. The van der Waals surface area contributed by atoms with Crippen molar-refractivity contribution in [1.82, 2.24) is 29.1 Å². The molecule has 0 unspecified atom stereocenters. The van der Waals surface area contributed by atoms with Gasteiger partial charge in [0.15, 0.2) is 0 Å². The van der Waals surface area contributed by atoms with Crippen molar-refractivity contribution in [1.29, 1.82) is 0 Å². The number of benzene rings is 3. The maximum Gasteiger partial charge on any atom is 0.275 e. The lowest BCUT2D eigenvalue weighted by Gasteiger charge is -2.34. The number of ether oxygens (including phenoxy) is 1. The molecule has 272 valence electrons. The Morgan fingerprint density at radius 3 is 2.40 bits per heavy atom. The Hall–Kier alpha value is -5.06. The van der Waals surface area contributed by atoms with E-state index in [-0.39, 0.29) is 11.9 Å². The molecule has 10 nitrogen and oxygen atoms in total. The molecule has 7 aromatic rings. The Bertz CT molecular complexity index is 2590. The number of rotatable bonds is 8. The predicted molar refractivity (Wildman–Crippen MR) is 211 cm³/mol. The first-order valence-corrected chi connectivity index (χ1v) is 18.6. The smallest absolute Gasteiger partial charge is 0.275 e. The standard InChI is InChI=1S/C41H41Cl2N7O3/c1-21-16-28(17-22(2)37(21)43)52-15-9-10-29-30-12-13-32(42)36(35-24(4)45-48(8)25(35)5)38(30)50-23(3)19-49(41(51)39(29)50)34-20-47(7)33-14-11-27(18-31(33)34)40-44-26(6)53-46-40/h11-14,16-18,20,23H,9-10,15,19H2,1-8H3/t23-/m1/s1. The molecule has 53 heavy (non-hydrogen) atoms. The summed E-state index contributed by atoms with van der Waals surface area (Å²) in [5.41, 5.74) is 11.0. The van der Waals surface area contributed by atoms with Gasteiger partial charge in [-0.2, -0.15) is 10.1 Å². The Labute approximate surface area is 317 Å². The van der Waals surface area contributed by atoms with Crippen molar-refractivity contribution in [2.75, 3.05) is 18.1 Å². The van der Waals surface area contributed by atoms with Gasteiger partial charge in [0.2, 0.25) is 11.7 Å². The summed E-state index contributed by atoms with van der Waals surface area (Å²) < 4.78 is 17.7. The van der Waals surface area contributed by atoms with Gasteiger partial charge in [0.05, 0.1) is 28.5 Å². The molecule has 0 aliphatic carbocycles. The third kappa shape index (κ3) is 5.70. The molecule has 0 saturated heterocycles. The number of halogens is 2. The van der Waals surface area contributed by atoms with Gasteiger partial charge >= 0.3 is 0 Å². The van der Waals surface area contributed by atoms with Crippen molar-refractivity contribution in [2.45, 2.75) is 60.4 Å². The molecular formula is C41H41Cl2N7O3. The fraction of sp³-hybridized carbons (Fsp3) is 0.317. The quantitative estimate of drug-likeness (QED) is 0.144. The van der Waals surface area contributed by atoms with Crippen LogP contribution >= 0.6 is 23.2 Å². The molecule has 12 heteroatoms. The van der Waals surface area contributed by atoms with Crippen LogP contribution in [0, 0.1) is 34.6 Å². The number of aromatic nitrogens is 6. The molecular weight excluding hydrogens is 709 g/mol. The lowest BCUT2D eigenvalue weighted by Crippen LogP contribution is -2.42. The maximum atomic E-state index is 15.2. The van der Waals surface area contributed by atoms with Crippen molar-refractivity contribution < 1.29 is 14.1 Å². The molecule has 0 N–H and O–H groups in total. The molecule has 0 saturated carbocycles. The molecule has 5 heterocycles. The van der Waals surface area contributed by atoms with E-state index in [0.717, 1.165) is 83.0 Å². The SMILES string of the molecule is Cc1nc(-c2ccc3c(c2)c(N2C[C@@H](C)n4c(c(CCCOc5cc(C)c(Cl)c(C)c5)c5ccc(Cl)c(-c6c(C)nn(C)c6C)c54)C2=O)cn3C)no1. The van der Waals surface area contributed by atoms with Crippen LogP contribution in [-0.2, 0) is 20.5 Å². The second-order valence-corrected chi connectivity index (χ2v) is 15.1. The Morgan fingerprint density at radius 2 is 1.72 bits per heavy atom. The Balaban J connectivity index is 1.26. The van der Waals surface area contributed by atoms with Crippen LogP contribution < -0.4 is 9.64 Å². The number of amides is 1. The molecule has 4 aromatic heterocycles. The van der Waals surface area contributed by atoms with Crippen LogP contribution in [0.25, 0.3) is 44.3 Å². The van der Waals surface area contributed by atoms with Gasteiger partial charge in [-0.05, 0) is 101 Å². The highest BCUT2D eigenvalue weighted by atomic mass is 35.5. The van der Waals surface area contributed by atoms with Gasteiger partial charge in [-0.3, -0.25) is 9.48 Å². The topological polar surface area (TPSA) is 96.1 Å². The van der Waals surface area contributed by atoms with Crippen molar-refractivity contribution in [3.05, 3.63) is 98.4 Å². The van der Waals surface area contributed by atoms with E-state index >= 15 is 4.79 Å². The van der Waals surface area contributed by atoms with Crippen molar-refractivity contribution in [2.24, 2.45) is 14.1 Å². The zero-order chi connectivity index (χ0) is 37.5. The van der Waals surface area contributed by atoms with Gasteiger partial charge in [0, 0.05) is 83.5 Å². The molecule has 3 aromatic carbocycles. The third-order valence-corrected chi connectivity index (χ3v) is 11.5. The molecule has 0 fully saturated rings. The molecule has 0 bridgehead atoms. The van der Waals surface area contributed by atoms with Crippen molar-refractivity contribution in [3.63, 3.8) is 0 Å². The summed E-state index contributed by atoms with van der Waals surface area (Å²) >= 11 is 13.5. The lowest BCUT2D eigenvalue weighted by molar-refractivity contribution is 0.0957. The summed E-state index contributed by atoms with van der Waals surface area (Å²) in [5, 5.41) is 12.2. The van der Waals surface area contributed by atoms with Crippen LogP contribution in [0.4, 0.5) is 5.69 Å². The predicted octanol–water partition coefficient (Wildman–Crippen LogP) is 9.67. The first-order valence-electron chi connectivity index (χ1n) is 17.8. The van der Waals surface area contributed by atoms with Crippen LogP contribution in [-0.4, -0.2) is 48.1 Å². The molecule has 8 rings (SSSR count). The summed E-state index contributed by atoms with van der Waals surface area (Å²) in [5.74, 6) is 1.73. The van der Waals surface area contributed by atoms with E-state index in [0.29, 0.717) is 48.4 Å². The summed E-state index contributed by atoms with van der Waals surface area (Å²) in [4.78, 5) is 21.5. The number of fused-ring (bicyclic) bond motifs is 4. The largest absolute Gasteiger partial charge is 0.494 e. The summed E-state index contributed by atoms with van der Waals surface area (Å²) in [6.07, 6.45) is 3.35. The summed E-state index contributed by atoms with van der Waals surface area (Å²) in [7, 11) is 3.95. The van der Waals surface area contributed by atoms with Crippen LogP contribution in [0.1, 0.15) is 63.8 Å². The highest BCUT2D eigenvalue weighted by molar-refractivity contribution is 6.35. The summed E-state index contributed by atoms with van der Waals surface area (Å²) in [6.45, 7) is 12.9. The Kier molecular flexibility index (Phi) is 8.65. The van der Waals surface area contributed by atoms with E-state index in [1.807, 2.05) is 87.0 Å². The number of anilines is 1. The van der Waals surface area contributed by atoms with E-state index < -0.39 is 0 Å². The minimum absolute atomic E-state index is 0.0609. The zero-order valence-electron chi connectivity index (χ0n) is 31.1. The average Bonchev–Trinajstić information content (AvgIpc) is 3.86. The maximum absolute atomic E-state index is 15.2. The lowest BCUT2D eigenvalue weighted by atomic mass is 9.98. The first kappa shape index (κ1) is 35.0. The van der Waals surface area contributed by atoms with Gasteiger partial charge in [-0.15, -0.1) is 0 Å². The van der Waals surface area contributed by atoms with Gasteiger partial charge in [0.1, 0.15) is 11.4 Å². The van der Waals surface area contributed by atoms with Crippen molar-refractivity contribution >= 4 is 56.6 Å². The first-order chi connectivity index (χ1) is 25.3. The molecule has 1 aliphatic rings. The van der Waals surface area contributed by atoms with E-state index in [9.17, 15) is 0 Å². The second kappa shape index (κ2) is 13.1. The van der Waals surface area contributed by atoms with Crippen LogP contribution in [0.15, 0.2) is 53.2 Å². The molecule has 1 aliphatic heterocycles. The molecule has 0 radical (unpaired) electrons. The molecule has 1 amide bonds. The number of aryl methyl sites for hydroxylation is 7. The van der Waals surface area contributed by atoms with Crippen LogP contribution in [0.5, 0.6) is 5.75 Å². The summed E-state index contributed by atoms with van der Waals surface area (Å²) in [6, 6.07) is 13.9. The minimum Gasteiger partial charge on any atom is -0.494 e. The zero-order valence-corrected chi connectivity index (χ0v) is 32.6. The third-order valence-electron chi connectivity index (χ3n) is 10.6.